The zero-order chi connectivity index (χ0) is 11.2. The van der Waals surface area contributed by atoms with Crippen molar-refractivity contribution in [3.63, 3.8) is 0 Å². The van der Waals surface area contributed by atoms with Crippen LogP contribution in [0.2, 0.25) is 0 Å². The highest BCUT2D eigenvalue weighted by Gasteiger charge is 1.91. The SMILES string of the molecule is COCCOCCOCCSCCCO. The normalized spacial score (nSPS) is 10.8. The molecule has 0 rings (SSSR count). The third-order valence-electron chi connectivity index (χ3n) is 1.62. The van der Waals surface area contributed by atoms with E-state index in [4.69, 9.17) is 19.3 Å². The molecule has 5 heteroatoms. The summed E-state index contributed by atoms with van der Waals surface area (Å²) in [5, 5.41) is 8.54. The highest BCUT2D eigenvalue weighted by atomic mass is 32.2. The van der Waals surface area contributed by atoms with Gasteiger partial charge in [0.05, 0.1) is 33.0 Å². The van der Waals surface area contributed by atoms with Gasteiger partial charge >= 0.3 is 0 Å². The molecular weight excluding hydrogens is 216 g/mol. The van der Waals surface area contributed by atoms with Gasteiger partial charge in [-0.2, -0.15) is 11.8 Å². The second-order valence-electron chi connectivity index (χ2n) is 2.91. The fourth-order valence-corrected chi connectivity index (χ4v) is 1.62. The summed E-state index contributed by atoms with van der Waals surface area (Å²) in [6.07, 6.45) is 0.866. The lowest BCUT2D eigenvalue weighted by atomic mass is 10.5. The Morgan fingerprint density at radius 3 is 2.27 bits per heavy atom. The van der Waals surface area contributed by atoms with Crippen LogP contribution >= 0.6 is 11.8 Å². The lowest BCUT2D eigenvalue weighted by molar-refractivity contribution is 0.0286. The maximum atomic E-state index is 8.54. The van der Waals surface area contributed by atoms with Gasteiger partial charge in [-0.3, -0.25) is 0 Å². The van der Waals surface area contributed by atoms with E-state index >= 15 is 0 Å². The molecule has 0 aliphatic rings. The summed E-state index contributed by atoms with van der Waals surface area (Å²) in [7, 11) is 1.66. The van der Waals surface area contributed by atoms with Crippen molar-refractivity contribution in [3.05, 3.63) is 0 Å². The first-order chi connectivity index (χ1) is 7.41. The second kappa shape index (κ2) is 14.2. The molecule has 0 fully saturated rings. The van der Waals surface area contributed by atoms with Crippen LogP contribution in [0.3, 0.4) is 0 Å². The Morgan fingerprint density at radius 2 is 1.60 bits per heavy atom. The lowest BCUT2D eigenvalue weighted by Crippen LogP contribution is -2.09. The molecule has 0 aliphatic heterocycles. The number of thioether (sulfide) groups is 1. The Hall–Kier alpha value is 0.190. The van der Waals surface area contributed by atoms with Crippen LogP contribution in [-0.2, 0) is 14.2 Å². The number of ether oxygens (including phenoxy) is 3. The molecule has 0 heterocycles. The predicted molar refractivity (Wildman–Crippen MR) is 62.5 cm³/mol. The molecule has 0 spiro atoms. The van der Waals surface area contributed by atoms with Crippen LogP contribution in [0.1, 0.15) is 6.42 Å². The summed E-state index contributed by atoms with van der Waals surface area (Å²) >= 11 is 1.80. The zero-order valence-corrected chi connectivity index (χ0v) is 10.3. The molecule has 92 valence electrons. The Labute approximate surface area is 96.3 Å². The van der Waals surface area contributed by atoms with Crippen LogP contribution < -0.4 is 0 Å². The van der Waals surface area contributed by atoms with Crippen LogP contribution in [0.25, 0.3) is 0 Å². The summed E-state index contributed by atoms with van der Waals surface area (Å²) in [6, 6.07) is 0. The van der Waals surface area contributed by atoms with Crippen LogP contribution in [0.4, 0.5) is 0 Å². The molecule has 4 nitrogen and oxygen atoms in total. The number of hydrogen-bond acceptors (Lipinski definition) is 5. The maximum absolute atomic E-state index is 8.54. The van der Waals surface area contributed by atoms with E-state index in [1.165, 1.54) is 0 Å². The maximum Gasteiger partial charge on any atom is 0.0701 e. The van der Waals surface area contributed by atoms with Crippen LogP contribution in [0.15, 0.2) is 0 Å². The summed E-state index contributed by atoms with van der Waals surface area (Å²) in [4.78, 5) is 0. The minimum atomic E-state index is 0.279. The van der Waals surface area contributed by atoms with Gasteiger partial charge in [-0.1, -0.05) is 0 Å². The summed E-state index contributed by atoms with van der Waals surface area (Å²) in [6.45, 7) is 3.57. The monoisotopic (exact) mass is 238 g/mol. The summed E-state index contributed by atoms with van der Waals surface area (Å²) in [5.74, 6) is 1.99. The quantitative estimate of drug-likeness (QED) is 0.509. The van der Waals surface area contributed by atoms with Crippen LogP contribution in [0.5, 0.6) is 0 Å². The van der Waals surface area contributed by atoms with E-state index < -0.39 is 0 Å². The van der Waals surface area contributed by atoms with E-state index in [1.807, 2.05) is 0 Å². The predicted octanol–water partition coefficient (Wildman–Crippen LogP) is 0.782. The Morgan fingerprint density at radius 1 is 0.933 bits per heavy atom. The molecule has 0 bridgehead atoms. The first-order valence-corrected chi connectivity index (χ1v) is 6.40. The fraction of sp³-hybridized carbons (Fsp3) is 1.00. The molecule has 0 aliphatic carbocycles. The van der Waals surface area contributed by atoms with E-state index in [1.54, 1.807) is 18.9 Å². The molecule has 0 aromatic carbocycles. The molecular formula is C10H22O4S. The van der Waals surface area contributed by atoms with Gasteiger partial charge in [0.2, 0.25) is 0 Å². The molecule has 0 atom stereocenters. The molecule has 15 heavy (non-hydrogen) atoms. The van der Waals surface area contributed by atoms with Gasteiger partial charge in [0.25, 0.3) is 0 Å². The Kier molecular flexibility index (Phi) is 14.4. The molecule has 0 saturated heterocycles. The van der Waals surface area contributed by atoms with Crippen LogP contribution in [0, 0.1) is 0 Å². The van der Waals surface area contributed by atoms with Crippen molar-refractivity contribution < 1.29 is 19.3 Å². The average molecular weight is 238 g/mol. The van der Waals surface area contributed by atoms with Gasteiger partial charge in [0.1, 0.15) is 0 Å². The third-order valence-corrected chi connectivity index (χ3v) is 2.66. The highest BCUT2D eigenvalue weighted by molar-refractivity contribution is 7.99. The number of methoxy groups -OCH3 is 1. The second-order valence-corrected chi connectivity index (χ2v) is 4.13. The van der Waals surface area contributed by atoms with Crippen molar-refractivity contribution in [2.45, 2.75) is 6.42 Å². The number of aliphatic hydroxyl groups excluding tert-OH is 1. The highest BCUT2D eigenvalue weighted by Crippen LogP contribution is 2.01. The average Bonchev–Trinajstić information content (AvgIpc) is 2.26. The van der Waals surface area contributed by atoms with Crippen molar-refractivity contribution in [2.24, 2.45) is 0 Å². The first kappa shape index (κ1) is 15.2. The number of rotatable bonds is 12. The topological polar surface area (TPSA) is 47.9 Å². The van der Waals surface area contributed by atoms with E-state index in [9.17, 15) is 0 Å². The van der Waals surface area contributed by atoms with Gasteiger partial charge in [0.15, 0.2) is 0 Å². The minimum Gasteiger partial charge on any atom is -0.396 e. The third kappa shape index (κ3) is 14.2. The van der Waals surface area contributed by atoms with Crippen molar-refractivity contribution in [1.82, 2.24) is 0 Å². The van der Waals surface area contributed by atoms with Gasteiger partial charge in [0, 0.05) is 19.5 Å². The number of hydrogen-bond donors (Lipinski definition) is 1. The molecule has 0 unspecified atom stereocenters. The van der Waals surface area contributed by atoms with Crippen molar-refractivity contribution in [1.29, 1.82) is 0 Å². The Balaban J connectivity index is 2.81. The smallest absolute Gasteiger partial charge is 0.0701 e. The standard InChI is InChI=1S/C10H22O4S/c1-12-4-5-13-6-7-14-8-10-15-9-2-3-11/h11H,2-10H2,1H3. The van der Waals surface area contributed by atoms with E-state index in [0.29, 0.717) is 26.4 Å². The molecule has 0 saturated carbocycles. The van der Waals surface area contributed by atoms with E-state index in [-0.39, 0.29) is 6.61 Å². The molecule has 0 aromatic heterocycles. The van der Waals surface area contributed by atoms with Crippen LogP contribution in [-0.4, -0.2) is 63.4 Å². The van der Waals surface area contributed by atoms with E-state index in [0.717, 1.165) is 24.5 Å². The summed E-state index contributed by atoms with van der Waals surface area (Å²) in [5.41, 5.74) is 0. The van der Waals surface area contributed by atoms with E-state index in [2.05, 4.69) is 0 Å². The summed E-state index contributed by atoms with van der Waals surface area (Å²) < 4.78 is 15.4. The zero-order valence-electron chi connectivity index (χ0n) is 9.44. The van der Waals surface area contributed by atoms with Crippen molar-refractivity contribution in [2.75, 3.05) is 58.3 Å². The molecule has 0 radical (unpaired) electrons. The minimum absolute atomic E-state index is 0.279. The lowest BCUT2D eigenvalue weighted by Gasteiger charge is -2.05. The van der Waals surface area contributed by atoms with Gasteiger partial charge in [-0.05, 0) is 12.2 Å². The molecule has 1 N–H and O–H groups in total. The fourth-order valence-electron chi connectivity index (χ4n) is 0.851. The molecule has 0 amide bonds. The van der Waals surface area contributed by atoms with Crippen molar-refractivity contribution >= 4 is 11.8 Å². The van der Waals surface area contributed by atoms with Gasteiger partial charge in [-0.15, -0.1) is 0 Å². The largest absolute Gasteiger partial charge is 0.396 e. The van der Waals surface area contributed by atoms with Crippen molar-refractivity contribution in [3.8, 4) is 0 Å². The number of aliphatic hydroxyl groups is 1. The first-order valence-electron chi connectivity index (χ1n) is 5.25. The molecule has 0 aromatic rings. The van der Waals surface area contributed by atoms with Gasteiger partial charge < -0.3 is 19.3 Å². The Bertz CT molecular complexity index is 102. The van der Waals surface area contributed by atoms with Gasteiger partial charge in [-0.25, -0.2) is 0 Å².